The summed E-state index contributed by atoms with van der Waals surface area (Å²) in [6, 6.07) is 6.81. The van der Waals surface area contributed by atoms with E-state index in [1.165, 1.54) is 11.3 Å². The molecule has 6 heteroatoms. The highest BCUT2D eigenvalue weighted by Crippen LogP contribution is 2.22. The van der Waals surface area contributed by atoms with E-state index >= 15 is 0 Å². The highest BCUT2D eigenvalue weighted by atomic mass is 32.1. The number of hydrogen-bond donors (Lipinski definition) is 1. The number of hydrogen-bond acceptors (Lipinski definition) is 3. The van der Waals surface area contributed by atoms with Gasteiger partial charge in [-0.1, -0.05) is 37.3 Å². The van der Waals surface area contributed by atoms with Crippen molar-refractivity contribution in [1.82, 2.24) is 4.57 Å². The number of para-hydroxylation sites is 1. The summed E-state index contributed by atoms with van der Waals surface area (Å²) in [5, 5.41) is 9.42. The molecule has 0 spiro atoms. The van der Waals surface area contributed by atoms with E-state index in [-0.39, 0.29) is 5.91 Å². The molecule has 0 saturated heterocycles. The quantitative estimate of drug-likeness (QED) is 0.923. The molecule has 0 bridgehead atoms. The van der Waals surface area contributed by atoms with Crippen molar-refractivity contribution in [3.05, 3.63) is 29.1 Å². The molecule has 0 aliphatic rings. The van der Waals surface area contributed by atoms with Crippen molar-refractivity contribution in [3.63, 3.8) is 0 Å². The molecule has 1 amide bonds. The molecule has 1 unspecified atom stereocenters. The summed E-state index contributed by atoms with van der Waals surface area (Å²) in [7, 11) is 0. The zero-order valence-corrected chi connectivity index (χ0v) is 12.9. The lowest BCUT2D eigenvalue weighted by atomic mass is 10.2. The van der Waals surface area contributed by atoms with Crippen LogP contribution >= 0.6 is 11.3 Å². The van der Waals surface area contributed by atoms with Gasteiger partial charge >= 0.3 is 5.97 Å². The minimum Gasteiger partial charge on any atom is -0.480 e. The fourth-order valence-electron chi connectivity index (χ4n) is 2.22. The number of aliphatic carboxylic acids is 1. The Bertz CT molecular complexity index is 730. The van der Waals surface area contributed by atoms with E-state index in [0.717, 1.165) is 16.6 Å². The molecular formula is C15H18N2O3S. The first-order chi connectivity index (χ1) is 10.1. The molecule has 1 N–H and O–H groups in total. The van der Waals surface area contributed by atoms with Gasteiger partial charge < -0.3 is 9.67 Å². The Labute approximate surface area is 126 Å². The number of benzene rings is 1. The predicted molar refractivity (Wildman–Crippen MR) is 82.3 cm³/mol. The molecule has 1 aromatic heterocycles. The summed E-state index contributed by atoms with van der Waals surface area (Å²) < 4.78 is 2.59. The maximum absolute atomic E-state index is 11.8. The van der Waals surface area contributed by atoms with Gasteiger partial charge in [-0.25, -0.2) is 4.79 Å². The smallest absolute Gasteiger partial charge is 0.326 e. The van der Waals surface area contributed by atoms with Gasteiger partial charge in [0.15, 0.2) is 4.80 Å². The topological polar surface area (TPSA) is 71.7 Å². The number of nitrogens with zero attached hydrogens (tertiary/aromatic N) is 2. The van der Waals surface area contributed by atoms with Crippen molar-refractivity contribution in [1.29, 1.82) is 0 Å². The van der Waals surface area contributed by atoms with Gasteiger partial charge in [0.05, 0.1) is 10.2 Å². The summed E-state index contributed by atoms with van der Waals surface area (Å²) in [6.45, 7) is 3.73. The molecule has 5 nitrogen and oxygen atoms in total. The van der Waals surface area contributed by atoms with Crippen molar-refractivity contribution in [3.8, 4) is 0 Å². The van der Waals surface area contributed by atoms with E-state index in [9.17, 15) is 14.7 Å². The Morgan fingerprint density at radius 2 is 2.05 bits per heavy atom. The molecule has 1 heterocycles. The fraction of sp³-hybridized carbons (Fsp3) is 0.400. The molecule has 0 aliphatic carbocycles. The lowest BCUT2D eigenvalue weighted by Gasteiger charge is -2.13. The third-order valence-corrected chi connectivity index (χ3v) is 4.24. The average Bonchev–Trinajstić information content (AvgIpc) is 2.78. The number of rotatable bonds is 5. The molecule has 1 atom stereocenters. The maximum Gasteiger partial charge on any atom is 0.326 e. The van der Waals surface area contributed by atoms with Crippen LogP contribution in [-0.4, -0.2) is 21.6 Å². The molecule has 1 aromatic carbocycles. The minimum absolute atomic E-state index is 0.210. The molecule has 21 heavy (non-hydrogen) atoms. The molecular weight excluding hydrogens is 288 g/mol. The van der Waals surface area contributed by atoms with Gasteiger partial charge in [0, 0.05) is 6.42 Å². The average molecular weight is 306 g/mol. The Morgan fingerprint density at radius 1 is 1.33 bits per heavy atom. The first-order valence-electron chi connectivity index (χ1n) is 6.98. The second kappa shape index (κ2) is 6.67. The summed E-state index contributed by atoms with van der Waals surface area (Å²) in [6.07, 6.45) is 1.53. The van der Waals surface area contributed by atoms with Crippen LogP contribution in [0.3, 0.4) is 0 Å². The molecule has 112 valence electrons. The van der Waals surface area contributed by atoms with Crippen molar-refractivity contribution in [2.45, 2.75) is 39.2 Å². The molecule has 0 saturated carbocycles. The standard InChI is InChI=1S/C15H18N2O3S/c1-3-7-13(18)16-15-17(10(4-2)14(19)20)11-8-5-6-9-12(11)21-15/h5-6,8-10H,3-4,7H2,1-2H3,(H,19,20). The number of aromatic nitrogens is 1. The van der Waals surface area contributed by atoms with Crippen LogP contribution in [0.2, 0.25) is 0 Å². The van der Waals surface area contributed by atoms with Crippen LogP contribution in [0.4, 0.5) is 0 Å². The summed E-state index contributed by atoms with van der Waals surface area (Å²) in [5.41, 5.74) is 0.805. The van der Waals surface area contributed by atoms with Crippen LogP contribution in [0.5, 0.6) is 0 Å². The summed E-state index contributed by atoms with van der Waals surface area (Å²) in [4.78, 5) is 27.9. The van der Waals surface area contributed by atoms with E-state index in [1.54, 1.807) is 4.57 Å². The zero-order valence-electron chi connectivity index (χ0n) is 12.1. The van der Waals surface area contributed by atoms with E-state index in [1.807, 2.05) is 38.1 Å². The van der Waals surface area contributed by atoms with Crippen LogP contribution in [-0.2, 0) is 9.59 Å². The molecule has 2 aromatic rings. The van der Waals surface area contributed by atoms with Crippen LogP contribution in [0.1, 0.15) is 39.2 Å². The van der Waals surface area contributed by atoms with E-state index in [2.05, 4.69) is 4.99 Å². The van der Waals surface area contributed by atoms with E-state index in [0.29, 0.717) is 17.6 Å². The van der Waals surface area contributed by atoms with Gasteiger partial charge in [0.1, 0.15) is 6.04 Å². The van der Waals surface area contributed by atoms with Gasteiger partial charge in [0.2, 0.25) is 5.91 Å². The Hall–Kier alpha value is -1.95. The van der Waals surface area contributed by atoms with E-state index in [4.69, 9.17) is 0 Å². The minimum atomic E-state index is -0.912. The first kappa shape index (κ1) is 15.4. The summed E-state index contributed by atoms with van der Waals surface area (Å²) >= 11 is 1.35. The van der Waals surface area contributed by atoms with Gasteiger partial charge in [0.25, 0.3) is 0 Å². The summed E-state index contributed by atoms with van der Waals surface area (Å²) in [5.74, 6) is -1.12. The zero-order chi connectivity index (χ0) is 15.4. The van der Waals surface area contributed by atoms with Crippen LogP contribution in [0.25, 0.3) is 10.2 Å². The second-order valence-corrected chi connectivity index (χ2v) is 5.75. The van der Waals surface area contributed by atoms with Crippen molar-refractivity contribution < 1.29 is 14.7 Å². The number of carbonyl (C=O) groups excluding carboxylic acids is 1. The normalized spacial score (nSPS) is 13.5. The third kappa shape index (κ3) is 3.21. The second-order valence-electron chi connectivity index (χ2n) is 4.74. The molecule has 2 rings (SSSR count). The number of thiazole rings is 1. The Kier molecular flexibility index (Phi) is 4.90. The SMILES string of the molecule is CCCC(=O)N=c1sc2ccccc2n1C(CC)C(=O)O. The van der Waals surface area contributed by atoms with Crippen LogP contribution < -0.4 is 4.80 Å². The number of carboxylic acid groups (broad SMARTS) is 1. The largest absolute Gasteiger partial charge is 0.480 e. The van der Waals surface area contributed by atoms with Crippen LogP contribution in [0, 0.1) is 0 Å². The predicted octanol–water partition coefficient (Wildman–Crippen LogP) is 2.97. The Balaban J connectivity index is 2.69. The van der Waals surface area contributed by atoms with Gasteiger partial charge in [-0.2, -0.15) is 4.99 Å². The van der Waals surface area contributed by atoms with Crippen molar-refractivity contribution >= 4 is 33.4 Å². The molecule has 0 aliphatic heterocycles. The van der Waals surface area contributed by atoms with Crippen LogP contribution in [0.15, 0.2) is 29.3 Å². The molecule has 0 fully saturated rings. The Morgan fingerprint density at radius 3 is 2.67 bits per heavy atom. The number of carbonyl (C=O) groups is 2. The first-order valence-corrected chi connectivity index (χ1v) is 7.80. The monoisotopic (exact) mass is 306 g/mol. The van der Waals surface area contributed by atoms with Gasteiger partial charge in [-0.05, 0) is 25.0 Å². The maximum atomic E-state index is 11.8. The highest BCUT2D eigenvalue weighted by molar-refractivity contribution is 7.16. The van der Waals surface area contributed by atoms with Gasteiger partial charge in [-0.3, -0.25) is 4.79 Å². The lowest BCUT2D eigenvalue weighted by Crippen LogP contribution is -2.27. The third-order valence-electron chi connectivity index (χ3n) is 3.20. The highest BCUT2D eigenvalue weighted by Gasteiger charge is 2.21. The fourth-order valence-corrected chi connectivity index (χ4v) is 3.30. The van der Waals surface area contributed by atoms with Crippen molar-refractivity contribution in [2.75, 3.05) is 0 Å². The lowest BCUT2D eigenvalue weighted by molar-refractivity contribution is -0.141. The number of carboxylic acids is 1. The number of amides is 1. The van der Waals surface area contributed by atoms with Gasteiger partial charge in [-0.15, -0.1) is 0 Å². The van der Waals surface area contributed by atoms with Crippen molar-refractivity contribution in [2.24, 2.45) is 4.99 Å². The number of fused-ring (bicyclic) bond motifs is 1. The molecule has 0 radical (unpaired) electrons. The van der Waals surface area contributed by atoms with E-state index < -0.39 is 12.0 Å².